The smallest absolute Gasteiger partial charge is 0.373 e. The summed E-state index contributed by atoms with van der Waals surface area (Å²) in [4.78, 5) is 35.0. The fourth-order valence-electron chi connectivity index (χ4n) is 4.85. The molecule has 28 heteroatoms. The lowest BCUT2D eigenvalue weighted by Crippen LogP contribution is -2.30. The van der Waals surface area contributed by atoms with Gasteiger partial charge < -0.3 is 70.0 Å². The van der Waals surface area contributed by atoms with Crippen molar-refractivity contribution in [2.45, 2.75) is 87.8 Å². The largest absolute Gasteiger partial charge is 0.437 e. The second-order valence-electron chi connectivity index (χ2n) is 15.4. The van der Waals surface area contributed by atoms with Crippen molar-refractivity contribution >= 4 is 76.4 Å². The molecule has 0 aliphatic heterocycles. The SMILES string of the molecule is C.CB(O)NCc1nc(Br)[nH]c1C.CB(O)NCc1nc[nH]c1C.C[P+](=O)CP(C)(C)=O.Cc1[nH]c(P(C)(=O)CP(C)(C)=O)nc1CN.Cc1[nH]cnc1CCl.Cc1[nH]cnc1CO. The van der Waals surface area contributed by atoms with E-state index in [1.54, 1.807) is 72.6 Å². The van der Waals surface area contributed by atoms with E-state index < -0.39 is 43.3 Å². The number of hydrogen-bond acceptors (Lipinski definition) is 15. The molecule has 2 atom stereocenters. The summed E-state index contributed by atoms with van der Waals surface area (Å²) in [6, 6.07) is 0. The van der Waals surface area contributed by atoms with E-state index in [-0.39, 0.29) is 19.9 Å². The van der Waals surface area contributed by atoms with Crippen molar-refractivity contribution in [1.82, 2.24) is 60.3 Å². The fourth-order valence-corrected chi connectivity index (χ4v) is 15.9. The van der Waals surface area contributed by atoms with Gasteiger partial charge in [0.2, 0.25) is 0 Å². The number of aliphatic hydroxyl groups is 1. The molecule has 64 heavy (non-hydrogen) atoms. The number of halogens is 2. The van der Waals surface area contributed by atoms with Gasteiger partial charge in [0.15, 0.2) is 23.3 Å². The first-order chi connectivity index (χ1) is 29.0. The molecule has 12 N–H and O–H groups in total. The number of hydrogen-bond donors (Lipinski definition) is 11. The maximum Gasteiger partial charge on any atom is 0.373 e. The van der Waals surface area contributed by atoms with Crippen LogP contribution >= 0.6 is 56.8 Å². The molecule has 5 aromatic rings. The van der Waals surface area contributed by atoms with E-state index in [2.05, 4.69) is 76.2 Å². The summed E-state index contributed by atoms with van der Waals surface area (Å²) in [5, 5.41) is 32.1. The van der Waals surface area contributed by atoms with E-state index in [4.69, 9.17) is 32.5 Å². The summed E-state index contributed by atoms with van der Waals surface area (Å²) >= 11 is 8.72. The Morgan fingerprint density at radius 1 is 0.734 bits per heavy atom. The van der Waals surface area contributed by atoms with E-state index in [1.165, 1.54) is 0 Å². The number of H-pyrrole nitrogens is 5. The molecule has 20 nitrogen and oxygen atoms in total. The zero-order valence-corrected chi connectivity index (χ0v) is 44.6. The standard InChI is InChI=1S/C9H19N3O2P2.C6H11BBrN3O.C6H12BN3O.C5H7ClN2.C5H8N2O.C4H11O2P2.CH4/c1-7-8(5-10)12-9(11-7)16(4,14)6-15(2,3)13;1-4-5(3-9-7(2)12)11-6(8)10-4;1-5-6(9-4-8-5)3-10-7(2)11;1-4-5(2-6)8-3-7-4;1-4-5(2-8)7-3-6-4;1-7(5)4-8(2,3)6;/h5-6,10H2,1-4H3,(H,11,12);9,12H,3H2,1-2H3,(H,10,11);4,10-11H,3H2,1-2H3,(H,8,9);3H,2H2,1H3,(H,7,8);3,8H,2H2,1H3,(H,6,7);4H2,1-3H3;1H4/q;;;;;+1;. The number of aromatic nitrogens is 10. The second-order valence-corrected chi connectivity index (χ2v) is 28.9. The molecule has 0 aliphatic carbocycles. The Labute approximate surface area is 394 Å². The Bertz CT molecular complexity index is 2180. The van der Waals surface area contributed by atoms with Crippen LogP contribution in [0.1, 0.15) is 64.4 Å². The molecule has 0 aliphatic rings. The predicted molar refractivity (Wildman–Crippen MR) is 271 cm³/mol. The lowest BCUT2D eigenvalue weighted by atomic mass is 9.89. The molecule has 2 unspecified atom stereocenters. The van der Waals surface area contributed by atoms with Gasteiger partial charge in [-0.1, -0.05) is 12.0 Å². The molecular weight excluding hydrogens is 987 g/mol. The van der Waals surface area contributed by atoms with E-state index in [0.717, 1.165) is 61.7 Å². The van der Waals surface area contributed by atoms with Crippen molar-refractivity contribution in [2.24, 2.45) is 5.73 Å². The van der Waals surface area contributed by atoms with E-state index >= 15 is 0 Å². The predicted octanol–water partition coefficient (Wildman–Crippen LogP) is 6.30. The van der Waals surface area contributed by atoms with Gasteiger partial charge in [-0.3, -0.25) is 0 Å². The van der Waals surface area contributed by atoms with Crippen LogP contribution in [-0.4, -0.2) is 131 Å². The number of aryl methyl sites for hydroxylation is 5. The Balaban J connectivity index is 0. The molecule has 5 heterocycles. The third kappa shape index (κ3) is 28.5. The minimum absolute atomic E-state index is 0. The van der Waals surface area contributed by atoms with Crippen molar-refractivity contribution in [3.05, 3.63) is 80.7 Å². The number of nitrogens with one attached hydrogen (secondary N) is 7. The maximum absolute atomic E-state index is 12.4. The molecule has 0 spiro atoms. The van der Waals surface area contributed by atoms with Gasteiger partial charge in [0, 0.05) is 48.1 Å². The highest BCUT2D eigenvalue weighted by atomic mass is 79.9. The molecule has 0 amide bonds. The summed E-state index contributed by atoms with van der Waals surface area (Å²) < 4.78 is 46.1. The molecule has 0 aromatic carbocycles. The highest BCUT2D eigenvalue weighted by Gasteiger charge is 2.28. The molecule has 0 bridgehead atoms. The van der Waals surface area contributed by atoms with Gasteiger partial charge in [0.05, 0.1) is 73.0 Å². The van der Waals surface area contributed by atoms with Gasteiger partial charge >= 0.3 is 21.9 Å². The minimum atomic E-state index is -2.67. The van der Waals surface area contributed by atoms with Gasteiger partial charge in [-0.25, -0.2) is 24.9 Å². The Kier molecular flexibility index (Phi) is 31.3. The second kappa shape index (κ2) is 31.5. The van der Waals surface area contributed by atoms with E-state index in [9.17, 15) is 18.3 Å². The summed E-state index contributed by atoms with van der Waals surface area (Å²) in [7, 11) is -9.18. The molecule has 5 rings (SSSR count). The van der Waals surface area contributed by atoms with Crippen LogP contribution in [0.3, 0.4) is 0 Å². The van der Waals surface area contributed by atoms with Crippen LogP contribution in [0.2, 0.25) is 13.6 Å². The third-order valence-electron chi connectivity index (χ3n) is 7.93. The monoisotopic (exact) mass is 1060 g/mol. The molecule has 5 aromatic heterocycles. The summed E-state index contributed by atoms with van der Waals surface area (Å²) in [6.07, 6.45) is 4.86. The van der Waals surface area contributed by atoms with Gasteiger partial charge in [-0.05, 0) is 97.5 Å². The Morgan fingerprint density at radius 2 is 1.17 bits per heavy atom. The van der Waals surface area contributed by atoms with Gasteiger partial charge in [0.25, 0.3) is 0 Å². The van der Waals surface area contributed by atoms with Crippen LogP contribution < -0.4 is 21.8 Å². The van der Waals surface area contributed by atoms with Gasteiger partial charge in [0.1, 0.15) is 13.8 Å². The molecule has 0 saturated heterocycles. The zero-order valence-electron chi connectivity index (χ0n) is 38.7. The van der Waals surface area contributed by atoms with Gasteiger partial charge in [-0.15, -0.1) is 11.6 Å². The zero-order chi connectivity index (χ0) is 48.7. The van der Waals surface area contributed by atoms with Crippen LogP contribution in [0.5, 0.6) is 0 Å². The highest BCUT2D eigenvalue weighted by Crippen LogP contribution is 2.54. The van der Waals surface area contributed by atoms with Crippen LogP contribution in [0.15, 0.2) is 23.7 Å². The minimum Gasteiger partial charge on any atom is -0.437 e. The average Bonchev–Trinajstić information content (AvgIpc) is 3.99. The number of imidazole rings is 5. The van der Waals surface area contributed by atoms with Crippen molar-refractivity contribution in [2.75, 3.05) is 51.8 Å². The topological polar surface area (TPSA) is 322 Å². The lowest BCUT2D eigenvalue weighted by Gasteiger charge is -2.13. The number of nitrogens with two attached hydrogens (primary N) is 1. The average molecular weight is 1060 g/mol. The summed E-state index contributed by atoms with van der Waals surface area (Å²) in [6.45, 7) is 24.3. The molecule has 0 fully saturated rings. The summed E-state index contributed by atoms with van der Waals surface area (Å²) in [5.74, 6) is 1.09. The number of alkyl halides is 1. The first kappa shape index (κ1) is 63.6. The van der Waals surface area contributed by atoms with Crippen molar-refractivity contribution in [3.63, 3.8) is 0 Å². The Hall–Kier alpha value is -2.50. The number of rotatable bonds is 14. The first-order valence-corrected chi connectivity index (χ1v) is 30.6. The van der Waals surface area contributed by atoms with Gasteiger partial charge in [-0.2, -0.15) is 0 Å². The summed E-state index contributed by atoms with van der Waals surface area (Å²) in [5.41, 5.74) is 15.1. The van der Waals surface area contributed by atoms with Crippen LogP contribution in [-0.2, 0) is 50.4 Å². The third-order valence-corrected chi connectivity index (χ3v) is 18.9. The van der Waals surface area contributed by atoms with Crippen molar-refractivity contribution in [1.29, 1.82) is 0 Å². The maximum atomic E-state index is 12.4. The lowest BCUT2D eigenvalue weighted by molar-refractivity contribution is 0.276. The van der Waals surface area contributed by atoms with Crippen molar-refractivity contribution < 1.29 is 33.4 Å². The number of nitrogens with zero attached hydrogens (tertiary/aromatic N) is 5. The Morgan fingerprint density at radius 3 is 1.44 bits per heavy atom. The normalized spacial score (nSPS) is 11.8. The first-order valence-electron chi connectivity index (χ1n) is 19.5. The van der Waals surface area contributed by atoms with Crippen LogP contribution in [0.4, 0.5) is 0 Å². The molecule has 0 saturated carbocycles. The van der Waals surface area contributed by atoms with E-state index in [0.29, 0.717) is 37.0 Å². The number of aliphatic hydroxyl groups excluding tert-OH is 1. The van der Waals surface area contributed by atoms with Crippen LogP contribution in [0.25, 0.3) is 0 Å². The fraction of sp³-hybridized carbons (Fsp3) is 0.583. The highest BCUT2D eigenvalue weighted by molar-refractivity contribution is 9.10. The number of aromatic amines is 5. The molecule has 362 valence electrons. The van der Waals surface area contributed by atoms with Crippen LogP contribution in [0, 0.1) is 34.6 Å². The quantitative estimate of drug-likeness (QED) is 0.0330. The molecular formula is C36H72B2BrClN13O7P4+. The van der Waals surface area contributed by atoms with E-state index in [1.807, 2.05) is 34.6 Å². The molecule has 0 radical (unpaired) electrons. The van der Waals surface area contributed by atoms with Crippen molar-refractivity contribution in [3.8, 4) is 0 Å².